The van der Waals surface area contributed by atoms with E-state index in [1.807, 2.05) is 13.0 Å². The molecule has 0 bridgehead atoms. The van der Waals surface area contributed by atoms with Crippen LogP contribution in [0.2, 0.25) is 0 Å². The van der Waals surface area contributed by atoms with Crippen molar-refractivity contribution in [3.8, 4) is 0 Å². The molecule has 2 aromatic rings. The third-order valence-electron chi connectivity index (χ3n) is 4.01. The Labute approximate surface area is 130 Å². The molecule has 1 aliphatic heterocycles. The Balaban J connectivity index is 1.79. The SMILES string of the molecule is CCc1nc(C)cc(N2CCCC(O)(Cn3ccnn3)C2)n1. The van der Waals surface area contributed by atoms with Crippen molar-refractivity contribution >= 4 is 5.82 Å². The maximum Gasteiger partial charge on any atom is 0.132 e. The van der Waals surface area contributed by atoms with Gasteiger partial charge >= 0.3 is 0 Å². The maximum absolute atomic E-state index is 10.9. The van der Waals surface area contributed by atoms with Crippen molar-refractivity contribution in [1.82, 2.24) is 25.0 Å². The minimum Gasteiger partial charge on any atom is -0.386 e. The summed E-state index contributed by atoms with van der Waals surface area (Å²) in [7, 11) is 0. The largest absolute Gasteiger partial charge is 0.386 e. The van der Waals surface area contributed by atoms with Crippen LogP contribution < -0.4 is 4.90 Å². The summed E-state index contributed by atoms with van der Waals surface area (Å²) in [5.41, 5.74) is 0.157. The van der Waals surface area contributed by atoms with Gasteiger partial charge in [-0.2, -0.15) is 0 Å². The van der Waals surface area contributed by atoms with Crippen LogP contribution in [0.4, 0.5) is 5.82 Å². The number of rotatable bonds is 4. The lowest BCUT2D eigenvalue weighted by atomic mass is 9.92. The molecule has 1 atom stereocenters. The molecule has 1 N–H and O–H groups in total. The van der Waals surface area contributed by atoms with Gasteiger partial charge in [0.25, 0.3) is 0 Å². The van der Waals surface area contributed by atoms with E-state index >= 15 is 0 Å². The predicted molar refractivity (Wildman–Crippen MR) is 82.6 cm³/mol. The van der Waals surface area contributed by atoms with Crippen LogP contribution in [0.1, 0.15) is 31.3 Å². The molecule has 0 radical (unpaired) electrons. The Morgan fingerprint density at radius 1 is 1.36 bits per heavy atom. The number of hydrogen-bond donors (Lipinski definition) is 1. The molecule has 1 fully saturated rings. The normalized spacial score (nSPS) is 22.0. The highest BCUT2D eigenvalue weighted by Crippen LogP contribution is 2.26. The highest BCUT2D eigenvalue weighted by atomic mass is 16.3. The summed E-state index contributed by atoms with van der Waals surface area (Å²) < 4.78 is 1.69. The molecule has 1 unspecified atom stereocenters. The smallest absolute Gasteiger partial charge is 0.132 e. The molecule has 0 aliphatic carbocycles. The van der Waals surface area contributed by atoms with E-state index in [1.165, 1.54) is 0 Å². The molecule has 2 aromatic heterocycles. The van der Waals surface area contributed by atoms with Gasteiger partial charge in [-0.05, 0) is 19.8 Å². The number of aliphatic hydroxyl groups is 1. The first-order chi connectivity index (χ1) is 10.6. The number of aromatic nitrogens is 5. The fourth-order valence-electron chi connectivity index (χ4n) is 2.99. The van der Waals surface area contributed by atoms with Crippen LogP contribution in [0.25, 0.3) is 0 Å². The topological polar surface area (TPSA) is 80.0 Å². The van der Waals surface area contributed by atoms with Gasteiger partial charge in [0.1, 0.15) is 17.2 Å². The van der Waals surface area contributed by atoms with Crippen molar-refractivity contribution in [3.63, 3.8) is 0 Å². The fraction of sp³-hybridized carbons (Fsp3) is 0.600. The van der Waals surface area contributed by atoms with Crippen LogP contribution in [-0.4, -0.2) is 48.8 Å². The molecule has 0 aromatic carbocycles. The molecule has 1 aliphatic rings. The first-order valence-corrected chi connectivity index (χ1v) is 7.74. The number of anilines is 1. The molecule has 7 nitrogen and oxygen atoms in total. The van der Waals surface area contributed by atoms with Gasteiger partial charge in [-0.3, -0.25) is 0 Å². The number of hydrogen-bond acceptors (Lipinski definition) is 6. The Bertz CT molecular complexity index is 629. The summed E-state index contributed by atoms with van der Waals surface area (Å²) in [5.74, 6) is 1.75. The first kappa shape index (κ1) is 14.9. The van der Waals surface area contributed by atoms with Crippen molar-refractivity contribution in [2.24, 2.45) is 0 Å². The monoisotopic (exact) mass is 302 g/mol. The second-order valence-corrected chi connectivity index (χ2v) is 5.99. The van der Waals surface area contributed by atoms with Crippen molar-refractivity contribution < 1.29 is 5.11 Å². The van der Waals surface area contributed by atoms with Gasteiger partial charge in [0.15, 0.2) is 0 Å². The van der Waals surface area contributed by atoms with Crippen LogP contribution in [-0.2, 0) is 13.0 Å². The number of nitrogens with zero attached hydrogens (tertiary/aromatic N) is 6. The zero-order valence-electron chi connectivity index (χ0n) is 13.1. The van der Waals surface area contributed by atoms with Crippen molar-refractivity contribution in [1.29, 1.82) is 0 Å². The summed E-state index contributed by atoms with van der Waals surface area (Å²) in [6.45, 7) is 5.94. The number of piperidine rings is 1. The Morgan fingerprint density at radius 3 is 2.95 bits per heavy atom. The minimum atomic E-state index is -0.808. The second kappa shape index (κ2) is 6.00. The van der Waals surface area contributed by atoms with Crippen molar-refractivity contribution in [2.75, 3.05) is 18.0 Å². The highest BCUT2D eigenvalue weighted by molar-refractivity contribution is 5.41. The average molecular weight is 302 g/mol. The predicted octanol–water partition coefficient (Wildman–Crippen LogP) is 0.970. The van der Waals surface area contributed by atoms with Gasteiger partial charge in [-0.1, -0.05) is 12.1 Å². The quantitative estimate of drug-likeness (QED) is 0.906. The molecule has 22 heavy (non-hydrogen) atoms. The minimum absolute atomic E-state index is 0.453. The van der Waals surface area contributed by atoms with Crippen molar-refractivity contribution in [3.05, 3.63) is 30.0 Å². The third-order valence-corrected chi connectivity index (χ3v) is 4.01. The van der Waals surface area contributed by atoms with Gasteiger partial charge < -0.3 is 10.0 Å². The lowest BCUT2D eigenvalue weighted by molar-refractivity contribution is 0.00583. The van der Waals surface area contributed by atoms with Gasteiger partial charge in [-0.15, -0.1) is 5.10 Å². The summed E-state index contributed by atoms with van der Waals surface area (Å²) >= 11 is 0. The maximum atomic E-state index is 10.9. The molecule has 3 rings (SSSR count). The standard InChI is InChI=1S/C15H22N6O/c1-3-13-17-12(2)9-14(18-13)20-7-4-5-15(22,10-20)11-21-8-6-16-19-21/h6,8-9,22H,3-5,7,10-11H2,1-2H3. The summed E-state index contributed by atoms with van der Waals surface area (Å²) in [6.07, 6.45) is 5.90. The van der Waals surface area contributed by atoms with E-state index in [1.54, 1.807) is 17.1 Å². The molecular weight excluding hydrogens is 280 g/mol. The zero-order chi connectivity index (χ0) is 15.6. The highest BCUT2D eigenvalue weighted by Gasteiger charge is 2.34. The molecule has 118 valence electrons. The van der Waals surface area contributed by atoms with E-state index in [0.29, 0.717) is 13.1 Å². The molecule has 0 amide bonds. The Morgan fingerprint density at radius 2 is 2.23 bits per heavy atom. The Kier molecular flexibility index (Phi) is 4.06. The average Bonchev–Trinajstić information content (AvgIpc) is 2.98. The van der Waals surface area contributed by atoms with Crippen LogP contribution in [0, 0.1) is 6.92 Å². The fourth-order valence-corrected chi connectivity index (χ4v) is 2.99. The lowest BCUT2D eigenvalue weighted by Crippen LogP contribution is -2.51. The molecule has 0 spiro atoms. The molecule has 1 saturated heterocycles. The van der Waals surface area contributed by atoms with Gasteiger partial charge in [0.05, 0.1) is 12.7 Å². The van der Waals surface area contributed by atoms with Crippen LogP contribution in [0.15, 0.2) is 18.5 Å². The van der Waals surface area contributed by atoms with E-state index in [2.05, 4.69) is 32.1 Å². The number of aryl methyl sites for hydroxylation is 2. The van der Waals surface area contributed by atoms with Crippen LogP contribution in [0.5, 0.6) is 0 Å². The summed E-state index contributed by atoms with van der Waals surface area (Å²) in [4.78, 5) is 11.2. The van der Waals surface area contributed by atoms with E-state index in [0.717, 1.165) is 43.1 Å². The van der Waals surface area contributed by atoms with Crippen LogP contribution >= 0.6 is 0 Å². The van der Waals surface area contributed by atoms with E-state index in [9.17, 15) is 5.11 Å². The van der Waals surface area contributed by atoms with E-state index in [-0.39, 0.29) is 0 Å². The summed E-state index contributed by atoms with van der Waals surface area (Å²) in [5, 5.41) is 18.7. The second-order valence-electron chi connectivity index (χ2n) is 5.99. The van der Waals surface area contributed by atoms with Gasteiger partial charge in [0.2, 0.25) is 0 Å². The zero-order valence-corrected chi connectivity index (χ0v) is 13.1. The molecule has 7 heteroatoms. The van der Waals surface area contributed by atoms with Gasteiger partial charge in [-0.25, -0.2) is 14.6 Å². The molecule has 0 saturated carbocycles. The third kappa shape index (κ3) is 3.24. The molecular formula is C15H22N6O. The first-order valence-electron chi connectivity index (χ1n) is 7.74. The lowest BCUT2D eigenvalue weighted by Gasteiger charge is -2.39. The van der Waals surface area contributed by atoms with E-state index < -0.39 is 5.60 Å². The van der Waals surface area contributed by atoms with Crippen LogP contribution in [0.3, 0.4) is 0 Å². The van der Waals surface area contributed by atoms with Gasteiger partial charge in [0, 0.05) is 37.5 Å². The number of β-amino-alcohol motifs (C(OH)–C–C–N with tert-alkyl or cyclic N) is 1. The summed E-state index contributed by atoms with van der Waals surface area (Å²) in [6, 6.07) is 1.99. The Hall–Kier alpha value is -2.02. The van der Waals surface area contributed by atoms with Crippen molar-refractivity contribution in [2.45, 2.75) is 45.3 Å². The van der Waals surface area contributed by atoms with E-state index in [4.69, 9.17) is 0 Å². The molecule has 3 heterocycles.